The number of rotatable bonds is 5. The predicted molar refractivity (Wildman–Crippen MR) is 114 cm³/mol. The van der Waals surface area contributed by atoms with Crippen LogP contribution in [0.1, 0.15) is 75.3 Å². The molecule has 0 radical (unpaired) electrons. The van der Waals surface area contributed by atoms with E-state index < -0.39 is 0 Å². The van der Waals surface area contributed by atoms with E-state index in [1.807, 2.05) is 6.08 Å². The van der Waals surface area contributed by atoms with Crippen LogP contribution in [-0.2, 0) is 6.42 Å². The van der Waals surface area contributed by atoms with Gasteiger partial charge in [0.25, 0.3) is 0 Å². The van der Waals surface area contributed by atoms with Gasteiger partial charge < -0.3 is 0 Å². The Balaban J connectivity index is 1.48. The van der Waals surface area contributed by atoms with E-state index in [0.717, 1.165) is 36.5 Å². The number of hydrogen-bond acceptors (Lipinski definition) is 0. The van der Waals surface area contributed by atoms with Gasteiger partial charge in [0.05, 0.1) is 0 Å². The molecule has 2 aliphatic rings. The van der Waals surface area contributed by atoms with E-state index in [2.05, 4.69) is 49.9 Å². The molecule has 4 rings (SSSR count). The van der Waals surface area contributed by atoms with Gasteiger partial charge in [-0.05, 0) is 90.5 Å². The summed E-state index contributed by atoms with van der Waals surface area (Å²) >= 11 is 0. The van der Waals surface area contributed by atoms with Crippen LogP contribution in [0, 0.1) is 17.8 Å². The predicted octanol–water partition coefficient (Wildman–Crippen LogP) is 7.67. The lowest BCUT2D eigenvalue weighted by atomic mass is 9.63. The number of fused-ring (bicyclic) bond motifs is 2. The molecule has 0 bridgehead atoms. The smallest absolute Gasteiger partial charge is 0.0159 e. The van der Waals surface area contributed by atoms with E-state index in [-0.39, 0.29) is 0 Å². The second-order valence-corrected chi connectivity index (χ2v) is 8.89. The SMILES string of the molecule is C=CCCc1ccc2cc(C3CCC4CC(CC)CCC4C3)ccc2c1. The third kappa shape index (κ3) is 3.75. The molecule has 4 unspecified atom stereocenters. The van der Waals surface area contributed by atoms with Crippen molar-refractivity contribution in [1.82, 2.24) is 0 Å². The molecule has 0 heterocycles. The third-order valence-corrected chi connectivity index (χ3v) is 7.34. The first-order valence-electron chi connectivity index (χ1n) is 10.9. The second-order valence-electron chi connectivity index (χ2n) is 8.89. The highest BCUT2D eigenvalue weighted by Gasteiger charge is 2.35. The number of allylic oxidation sites excluding steroid dienone is 1. The molecule has 2 fully saturated rings. The molecule has 0 heteroatoms. The van der Waals surface area contributed by atoms with Gasteiger partial charge in [-0.2, -0.15) is 0 Å². The van der Waals surface area contributed by atoms with E-state index in [0.29, 0.717) is 0 Å². The molecule has 0 aliphatic heterocycles. The van der Waals surface area contributed by atoms with Crippen LogP contribution in [0.2, 0.25) is 0 Å². The van der Waals surface area contributed by atoms with Crippen LogP contribution in [0.4, 0.5) is 0 Å². The molecule has 2 aliphatic carbocycles. The van der Waals surface area contributed by atoms with E-state index in [1.54, 1.807) is 5.56 Å². The van der Waals surface area contributed by atoms with Gasteiger partial charge in [0.1, 0.15) is 0 Å². The van der Waals surface area contributed by atoms with Crippen molar-refractivity contribution in [2.24, 2.45) is 17.8 Å². The minimum absolute atomic E-state index is 0.791. The van der Waals surface area contributed by atoms with Gasteiger partial charge in [0.15, 0.2) is 0 Å². The first-order valence-corrected chi connectivity index (χ1v) is 10.9. The van der Waals surface area contributed by atoms with Crippen molar-refractivity contribution in [3.05, 3.63) is 60.2 Å². The summed E-state index contributed by atoms with van der Waals surface area (Å²) in [5, 5.41) is 2.81. The quantitative estimate of drug-likeness (QED) is 0.487. The summed E-state index contributed by atoms with van der Waals surface area (Å²) in [5.41, 5.74) is 3.02. The number of hydrogen-bond donors (Lipinski definition) is 0. The van der Waals surface area contributed by atoms with E-state index >= 15 is 0 Å². The van der Waals surface area contributed by atoms with Crippen LogP contribution in [0.5, 0.6) is 0 Å². The summed E-state index contributed by atoms with van der Waals surface area (Å²) < 4.78 is 0. The molecule has 0 aromatic heterocycles. The summed E-state index contributed by atoms with van der Waals surface area (Å²) in [6.07, 6.45) is 14.4. The highest BCUT2D eigenvalue weighted by molar-refractivity contribution is 5.84. The molecule has 26 heavy (non-hydrogen) atoms. The summed E-state index contributed by atoms with van der Waals surface area (Å²) in [7, 11) is 0. The monoisotopic (exact) mass is 346 g/mol. The first-order chi connectivity index (χ1) is 12.8. The maximum absolute atomic E-state index is 3.84. The minimum Gasteiger partial charge on any atom is -0.103 e. The molecule has 2 aromatic carbocycles. The summed E-state index contributed by atoms with van der Waals surface area (Å²) in [4.78, 5) is 0. The Labute approximate surface area is 159 Å². The molecule has 0 N–H and O–H groups in total. The number of benzene rings is 2. The lowest BCUT2D eigenvalue weighted by Gasteiger charge is -2.42. The Morgan fingerprint density at radius 3 is 2.54 bits per heavy atom. The average molecular weight is 347 g/mol. The highest BCUT2D eigenvalue weighted by atomic mass is 14.4. The van der Waals surface area contributed by atoms with Crippen LogP contribution in [0.3, 0.4) is 0 Å². The van der Waals surface area contributed by atoms with Gasteiger partial charge in [-0.3, -0.25) is 0 Å². The van der Waals surface area contributed by atoms with E-state index in [9.17, 15) is 0 Å². The Morgan fingerprint density at radius 1 is 0.923 bits per heavy atom. The molecule has 4 atom stereocenters. The maximum Gasteiger partial charge on any atom is -0.0159 e. The average Bonchev–Trinajstić information content (AvgIpc) is 2.70. The largest absolute Gasteiger partial charge is 0.103 e. The molecule has 2 saturated carbocycles. The Hall–Kier alpha value is -1.56. The van der Waals surface area contributed by atoms with E-state index in [4.69, 9.17) is 0 Å². The zero-order valence-corrected chi connectivity index (χ0v) is 16.4. The molecular weight excluding hydrogens is 312 g/mol. The Kier molecular flexibility index (Phi) is 5.48. The molecule has 0 saturated heterocycles. The van der Waals surface area contributed by atoms with Crippen LogP contribution < -0.4 is 0 Å². The fourth-order valence-electron chi connectivity index (χ4n) is 5.65. The first kappa shape index (κ1) is 17.8. The fourth-order valence-corrected chi connectivity index (χ4v) is 5.65. The van der Waals surface area contributed by atoms with Gasteiger partial charge in [-0.1, -0.05) is 62.2 Å². The summed E-state index contributed by atoms with van der Waals surface area (Å²) in [6, 6.07) is 14.3. The van der Waals surface area contributed by atoms with Crippen molar-refractivity contribution in [2.45, 2.75) is 70.6 Å². The maximum atomic E-state index is 3.84. The lowest BCUT2D eigenvalue weighted by molar-refractivity contribution is 0.116. The van der Waals surface area contributed by atoms with Gasteiger partial charge >= 0.3 is 0 Å². The van der Waals surface area contributed by atoms with Crippen molar-refractivity contribution in [3.8, 4) is 0 Å². The molecule has 0 nitrogen and oxygen atoms in total. The normalized spacial score (nSPS) is 28.7. The third-order valence-electron chi connectivity index (χ3n) is 7.34. The molecule has 0 amide bonds. The van der Waals surface area contributed by atoms with Crippen molar-refractivity contribution in [2.75, 3.05) is 0 Å². The topological polar surface area (TPSA) is 0 Å². The molecule has 138 valence electrons. The zero-order valence-electron chi connectivity index (χ0n) is 16.4. The van der Waals surface area contributed by atoms with Crippen molar-refractivity contribution in [3.63, 3.8) is 0 Å². The summed E-state index contributed by atoms with van der Waals surface area (Å²) in [6.45, 7) is 6.22. The molecular formula is C26H34. The van der Waals surface area contributed by atoms with Crippen LogP contribution in [-0.4, -0.2) is 0 Å². The lowest BCUT2D eigenvalue weighted by Crippen LogP contribution is -2.30. The van der Waals surface area contributed by atoms with Crippen LogP contribution >= 0.6 is 0 Å². The van der Waals surface area contributed by atoms with Crippen LogP contribution in [0.15, 0.2) is 49.1 Å². The van der Waals surface area contributed by atoms with Crippen molar-refractivity contribution in [1.29, 1.82) is 0 Å². The Morgan fingerprint density at radius 2 is 1.69 bits per heavy atom. The van der Waals surface area contributed by atoms with Gasteiger partial charge in [0.2, 0.25) is 0 Å². The highest BCUT2D eigenvalue weighted by Crippen LogP contribution is 2.48. The van der Waals surface area contributed by atoms with Crippen molar-refractivity contribution >= 4 is 10.8 Å². The van der Waals surface area contributed by atoms with Gasteiger partial charge in [-0.15, -0.1) is 6.58 Å². The number of aryl methyl sites for hydroxylation is 1. The van der Waals surface area contributed by atoms with Crippen molar-refractivity contribution < 1.29 is 0 Å². The van der Waals surface area contributed by atoms with Gasteiger partial charge in [-0.25, -0.2) is 0 Å². The molecule has 2 aromatic rings. The second kappa shape index (κ2) is 7.99. The zero-order chi connectivity index (χ0) is 17.9. The summed E-state index contributed by atoms with van der Waals surface area (Å²) in [5.74, 6) is 3.83. The fraction of sp³-hybridized carbons (Fsp3) is 0.538. The standard InChI is InChI=1S/C26H34/c1-3-5-6-20-8-10-24-18-26(14-12-22(24)16-20)25-13-11-21-15-19(4-2)7-9-23(21)17-25/h3,8,10,12,14,16,18-19,21,23,25H,1,4-7,9,11,13,15,17H2,2H3. The van der Waals surface area contributed by atoms with Gasteiger partial charge in [0, 0.05) is 0 Å². The van der Waals surface area contributed by atoms with E-state index in [1.165, 1.54) is 61.3 Å². The van der Waals surface area contributed by atoms with Crippen LogP contribution in [0.25, 0.3) is 10.8 Å². The molecule has 0 spiro atoms. The minimum atomic E-state index is 0.791. The Bertz CT molecular complexity index is 756.